The van der Waals surface area contributed by atoms with E-state index in [0.29, 0.717) is 10.6 Å². The molecule has 1 atom stereocenters. The zero-order chi connectivity index (χ0) is 16.4. The quantitative estimate of drug-likeness (QED) is 0.906. The van der Waals surface area contributed by atoms with Crippen LogP contribution in [0.4, 0.5) is 5.69 Å². The first-order valence-electron chi connectivity index (χ1n) is 7.60. The van der Waals surface area contributed by atoms with Crippen molar-refractivity contribution in [1.29, 1.82) is 0 Å². The van der Waals surface area contributed by atoms with Gasteiger partial charge in [-0.15, -0.1) is 0 Å². The van der Waals surface area contributed by atoms with Crippen LogP contribution in [0.25, 0.3) is 0 Å². The zero-order valence-corrected chi connectivity index (χ0v) is 13.7. The summed E-state index contributed by atoms with van der Waals surface area (Å²) in [6.45, 7) is 1.17. The number of hydrogen-bond donors (Lipinski definition) is 2. The van der Waals surface area contributed by atoms with E-state index in [1.165, 1.54) is 11.3 Å². The Morgan fingerprint density at radius 1 is 1.35 bits per heavy atom. The van der Waals surface area contributed by atoms with Gasteiger partial charge in [-0.25, -0.2) is 0 Å². The minimum atomic E-state index is -0.727. The predicted octanol–water partition coefficient (Wildman–Crippen LogP) is 2.80. The molecule has 1 aliphatic rings. The molecule has 0 aliphatic carbocycles. The summed E-state index contributed by atoms with van der Waals surface area (Å²) in [5.41, 5.74) is 3.76. The molecular weight excluding hydrogens is 312 g/mol. The molecule has 0 fully saturated rings. The van der Waals surface area contributed by atoms with Crippen LogP contribution < -0.4 is 10.2 Å². The van der Waals surface area contributed by atoms with Crippen molar-refractivity contribution in [2.75, 3.05) is 25.0 Å². The third kappa shape index (κ3) is 3.49. The van der Waals surface area contributed by atoms with Gasteiger partial charge in [0, 0.05) is 36.4 Å². The summed E-state index contributed by atoms with van der Waals surface area (Å²) in [6, 6.07) is 12.7. The number of hydrogen-bond acceptors (Lipinski definition) is 3. The molecule has 1 unspecified atom stereocenters. The lowest BCUT2D eigenvalue weighted by molar-refractivity contribution is 0.0916. The number of aliphatic hydroxyl groups excluding tert-OH is 1. The fraction of sp³-hybridized carbons (Fsp3) is 0.278. The highest BCUT2D eigenvalue weighted by Crippen LogP contribution is 2.29. The SMILES string of the molecule is CN1CCc2cc(C(O)CNC(=O)c3cccc(Cl)c3)ccc21. The lowest BCUT2D eigenvalue weighted by atomic mass is 10.0. The fourth-order valence-electron chi connectivity index (χ4n) is 2.83. The third-order valence-electron chi connectivity index (χ3n) is 4.16. The number of amides is 1. The molecule has 1 amide bonds. The minimum absolute atomic E-state index is 0.167. The number of anilines is 1. The molecular formula is C18H19ClN2O2. The number of nitrogens with zero attached hydrogens (tertiary/aromatic N) is 1. The highest BCUT2D eigenvalue weighted by atomic mass is 35.5. The fourth-order valence-corrected chi connectivity index (χ4v) is 3.02. The summed E-state index contributed by atoms with van der Waals surface area (Å²) in [5, 5.41) is 13.6. The van der Waals surface area contributed by atoms with Crippen molar-refractivity contribution < 1.29 is 9.90 Å². The van der Waals surface area contributed by atoms with E-state index in [-0.39, 0.29) is 12.5 Å². The van der Waals surface area contributed by atoms with Gasteiger partial charge >= 0.3 is 0 Å². The summed E-state index contributed by atoms with van der Waals surface area (Å²) in [4.78, 5) is 14.3. The van der Waals surface area contributed by atoms with E-state index in [1.54, 1.807) is 24.3 Å². The van der Waals surface area contributed by atoms with Crippen LogP contribution in [0.5, 0.6) is 0 Å². The van der Waals surface area contributed by atoms with Crippen LogP contribution in [-0.4, -0.2) is 31.2 Å². The predicted molar refractivity (Wildman–Crippen MR) is 92.2 cm³/mol. The molecule has 0 spiro atoms. The lowest BCUT2D eigenvalue weighted by Crippen LogP contribution is -2.28. The Morgan fingerprint density at radius 2 is 2.17 bits per heavy atom. The van der Waals surface area contributed by atoms with E-state index in [0.717, 1.165) is 18.5 Å². The molecule has 0 radical (unpaired) electrons. The van der Waals surface area contributed by atoms with Crippen molar-refractivity contribution in [3.63, 3.8) is 0 Å². The largest absolute Gasteiger partial charge is 0.387 e. The molecule has 23 heavy (non-hydrogen) atoms. The smallest absolute Gasteiger partial charge is 0.251 e. The second-order valence-electron chi connectivity index (χ2n) is 5.80. The van der Waals surface area contributed by atoms with Gasteiger partial charge in [0.15, 0.2) is 0 Å². The van der Waals surface area contributed by atoms with Crippen molar-refractivity contribution in [1.82, 2.24) is 5.32 Å². The number of carbonyl (C=O) groups excluding carboxylic acids is 1. The summed E-state index contributed by atoms with van der Waals surface area (Å²) in [6.07, 6.45) is 0.260. The van der Waals surface area contributed by atoms with Gasteiger partial charge in [0.2, 0.25) is 0 Å². The number of fused-ring (bicyclic) bond motifs is 1. The summed E-state index contributed by atoms with van der Waals surface area (Å²) >= 11 is 5.88. The van der Waals surface area contributed by atoms with Crippen molar-refractivity contribution in [2.24, 2.45) is 0 Å². The van der Waals surface area contributed by atoms with Gasteiger partial charge < -0.3 is 15.3 Å². The van der Waals surface area contributed by atoms with Gasteiger partial charge in [-0.2, -0.15) is 0 Å². The highest BCUT2D eigenvalue weighted by molar-refractivity contribution is 6.30. The van der Waals surface area contributed by atoms with E-state index < -0.39 is 6.10 Å². The second-order valence-corrected chi connectivity index (χ2v) is 6.23. The molecule has 0 aromatic heterocycles. The van der Waals surface area contributed by atoms with Gasteiger partial charge in [0.05, 0.1) is 6.10 Å². The Labute approximate surface area is 140 Å². The summed E-state index contributed by atoms with van der Waals surface area (Å²) < 4.78 is 0. The van der Waals surface area contributed by atoms with Gasteiger partial charge in [0.1, 0.15) is 0 Å². The molecule has 0 saturated heterocycles. The van der Waals surface area contributed by atoms with Crippen LogP contribution in [0, 0.1) is 0 Å². The molecule has 1 heterocycles. The monoisotopic (exact) mass is 330 g/mol. The molecule has 5 heteroatoms. The van der Waals surface area contributed by atoms with Crippen molar-refractivity contribution in [3.05, 3.63) is 64.2 Å². The van der Waals surface area contributed by atoms with Crippen LogP contribution >= 0.6 is 11.6 Å². The van der Waals surface area contributed by atoms with Crippen LogP contribution in [0.3, 0.4) is 0 Å². The topological polar surface area (TPSA) is 52.6 Å². The Balaban J connectivity index is 1.63. The molecule has 2 aromatic carbocycles. The molecule has 2 N–H and O–H groups in total. The Bertz CT molecular complexity index is 733. The minimum Gasteiger partial charge on any atom is -0.387 e. The Kier molecular flexibility index (Phi) is 4.55. The maximum atomic E-state index is 12.1. The molecule has 0 saturated carbocycles. The number of halogens is 1. The number of nitrogens with one attached hydrogen (secondary N) is 1. The molecule has 0 bridgehead atoms. The standard InChI is InChI=1S/C18H19ClN2O2/c1-21-8-7-12-9-13(5-6-16(12)21)17(22)11-20-18(23)14-3-2-4-15(19)10-14/h2-6,9-10,17,22H,7-8,11H2,1H3,(H,20,23). The highest BCUT2D eigenvalue weighted by Gasteiger charge is 2.18. The van der Waals surface area contributed by atoms with E-state index >= 15 is 0 Å². The first-order valence-corrected chi connectivity index (χ1v) is 7.98. The molecule has 1 aliphatic heterocycles. The molecule has 120 valence electrons. The van der Waals surface area contributed by atoms with Gasteiger partial charge in [-0.05, 0) is 41.8 Å². The molecule has 3 rings (SSSR count). The summed E-state index contributed by atoms with van der Waals surface area (Å²) in [5.74, 6) is -0.243. The van der Waals surface area contributed by atoms with Gasteiger partial charge in [-0.3, -0.25) is 4.79 Å². The van der Waals surface area contributed by atoms with E-state index in [4.69, 9.17) is 11.6 Å². The Hall–Kier alpha value is -2.04. The van der Waals surface area contributed by atoms with Crippen LogP contribution in [0.15, 0.2) is 42.5 Å². The van der Waals surface area contributed by atoms with Gasteiger partial charge in [-0.1, -0.05) is 29.8 Å². The maximum Gasteiger partial charge on any atom is 0.251 e. The lowest BCUT2D eigenvalue weighted by Gasteiger charge is -2.15. The van der Waals surface area contributed by atoms with Gasteiger partial charge in [0.25, 0.3) is 5.91 Å². The number of likely N-dealkylation sites (N-methyl/N-ethyl adjacent to an activating group) is 1. The van der Waals surface area contributed by atoms with Crippen molar-refractivity contribution in [3.8, 4) is 0 Å². The van der Waals surface area contributed by atoms with Crippen LogP contribution in [-0.2, 0) is 6.42 Å². The number of benzene rings is 2. The van der Waals surface area contributed by atoms with E-state index in [9.17, 15) is 9.90 Å². The van der Waals surface area contributed by atoms with Crippen LogP contribution in [0.2, 0.25) is 5.02 Å². The number of rotatable bonds is 4. The van der Waals surface area contributed by atoms with E-state index in [1.807, 2.05) is 18.2 Å². The second kappa shape index (κ2) is 6.60. The Morgan fingerprint density at radius 3 is 2.96 bits per heavy atom. The first kappa shape index (κ1) is 15.8. The van der Waals surface area contributed by atoms with Crippen LogP contribution in [0.1, 0.15) is 27.6 Å². The summed E-state index contributed by atoms with van der Waals surface area (Å²) in [7, 11) is 2.06. The number of carbonyl (C=O) groups is 1. The van der Waals surface area contributed by atoms with Crippen molar-refractivity contribution >= 4 is 23.2 Å². The number of aliphatic hydroxyl groups is 1. The van der Waals surface area contributed by atoms with E-state index in [2.05, 4.69) is 17.3 Å². The maximum absolute atomic E-state index is 12.1. The normalized spacial score (nSPS) is 14.5. The average molecular weight is 331 g/mol. The first-order chi connectivity index (χ1) is 11.0. The third-order valence-corrected chi connectivity index (χ3v) is 4.39. The molecule has 2 aromatic rings. The zero-order valence-electron chi connectivity index (χ0n) is 12.9. The molecule has 4 nitrogen and oxygen atoms in total. The van der Waals surface area contributed by atoms with Crippen molar-refractivity contribution in [2.45, 2.75) is 12.5 Å². The average Bonchev–Trinajstić information content (AvgIpc) is 2.93.